The second-order valence-electron chi connectivity index (χ2n) is 8.20. The van der Waals surface area contributed by atoms with Crippen LogP contribution in [0.1, 0.15) is 43.2 Å². The van der Waals surface area contributed by atoms with Crippen LogP contribution in [-0.2, 0) is 11.4 Å². The summed E-state index contributed by atoms with van der Waals surface area (Å²) >= 11 is 6.44. The molecule has 0 atom stereocenters. The molecular weight excluding hydrogens is 462 g/mol. The van der Waals surface area contributed by atoms with Gasteiger partial charge in [-0.05, 0) is 54.3 Å². The molecule has 34 heavy (non-hydrogen) atoms. The molecular formula is C24H24ClN3O6. The lowest BCUT2D eigenvalue weighted by Gasteiger charge is -2.28. The van der Waals surface area contributed by atoms with Crippen molar-refractivity contribution < 1.29 is 24.0 Å². The molecule has 1 heterocycles. The van der Waals surface area contributed by atoms with Gasteiger partial charge in [0.15, 0.2) is 11.5 Å². The Labute approximate surface area is 201 Å². The molecule has 9 nitrogen and oxygen atoms in total. The first-order valence-electron chi connectivity index (χ1n) is 11.0. The number of methoxy groups -OCH3 is 1. The van der Waals surface area contributed by atoms with E-state index in [-0.39, 0.29) is 35.0 Å². The first-order chi connectivity index (χ1) is 16.4. The number of hydrogen-bond donors (Lipinski definition) is 1. The smallest absolute Gasteiger partial charge is 0.329 e. The molecule has 0 radical (unpaired) electrons. The molecule has 1 aliphatic heterocycles. The zero-order valence-corrected chi connectivity index (χ0v) is 19.3. The number of nitro benzene ring substituents is 1. The molecule has 4 rings (SSSR count). The summed E-state index contributed by atoms with van der Waals surface area (Å²) in [6, 6.07) is 8.81. The van der Waals surface area contributed by atoms with Gasteiger partial charge in [0.1, 0.15) is 12.3 Å². The van der Waals surface area contributed by atoms with E-state index in [9.17, 15) is 19.7 Å². The average molecular weight is 486 g/mol. The Morgan fingerprint density at radius 2 is 1.88 bits per heavy atom. The average Bonchev–Trinajstić information content (AvgIpc) is 3.11. The van der Waals surface area contributed by atoms with Gasteiger partial charge in [-0.15, -0.1) is 0 Å². The second kappa shape index (κ2) is 10.1. The molecule has 2 aliphatic rings. The third kappa shape index (κ3) is 4.99. The van der Waals surface area contributed by atoms with Gasteiger partial charge in [0.2, 0.25) is 0 Å². The van der Waals surface area contributed by atoms with E-state index in [1.807, 2.05) is 0 Å². The number of hydrogen-bond acceptors (Lipinski definition) is 6. The SMILES string of the molecule is COc1cc(/C=C2\NC(=O)N(C3CCCCC3)C2=O)cc(Cl)c1OCc1ccc([N+](=O)[O-])cc1. The number of benzene rings is 2. The fraction of sp³-hybridized carbons (Fsp3) is 0.333. The highest BCUT2D eigenvalue weighted by atomic mass is 35.5. The molecule has 0 aromatic heterocycles. The molecule has 0 spiro atoms. The number of non-ortho nitro benzene ring substituents is 1. The number of carbonyl (C=O) groups excluding carboxylic acids is 2. The summed E-state index contributed by atoms with van der Waals surface area (Å²) in [6.07, 6.45) is 6.36. The molecule has 2 aromatic rings. The van der Waals surface area contributed by atoms with Crippen molar-refractivity contribution in [1.82, 2.24) is 10.2 Å². The number of amides is 3. The number of urea groups is 1. The molecule has 2 fully saturated rings. The lowest BCUT2D eigenvalue weighted by atomic mass is 9.94. The van der Waals surface area contributed by atoms with E-state index >= 15 is 0 Å². The predicted octanol–water partition coefficient (Wildman–Crippen LogP) is 5.06. The van der Waals surface area contributed by atoms with Crippen molar-refractivity contribution >= 4 is 35.3 Å². The Balaban J connectivity index is 1.51. The van der Waals surface area contributed by atoms with Gasteiger partial charge < -0.3 is 14.8 Å². The third-order valence-corrected chi connectivity index (χ3v) is 6.22. The van der Waals surface area contributed by atoms with Gasteiger partial charge in [0.05, 0.1) is 17.1 Å². The lowest BCUT2D eigenvalue weighted by molar-refractivity contribution is -0.384. The Morgan fingerprint density at radius 3 is 2.53 bits per heavy atom. The van der Waals surface area contributed by atoms with Crippen LogP contribution in [0.4, 0.5) is 10.5 Å². The Hall–Kier alpha value is -3.59. The van der Waals surface area contributed by atoms with Gasteiger partial charge in [-0.3, -0.25) is 19.8 Å². The van der Waals surface area contributed by atoms with Crippen molar-refractivity contribution in [3.8, 4) is 11.5 Å². The third-order valence-electron chi connectivity index (χ3n) is 5.94. The monoisotopic (exact) mass is 485 g/mol. The van der Waals surface area contributed by atoms with Gasteiger partial charge in [-0.2, -0.15) is 0 Å². The van der Waals surface area contributed by atoms with E-state index in [4.69, 9.17) is 21.1 Å². The fourth-order valence-electron chi connectivity index (χ4n) is 4.22. The van der Waals surface area contributed by atoms with Crippen LogP contribution in [0.25, 0.3) is 6.08 Å². The molecule has 1 saturated heterocycles. The van der Waals surface area contributed by atoms with Gasteiger partial charge in [-0.25, -0.2) is 4.79 Å². The Bertz CT molecular complexity index is 1140. The highest BCUT2D eigenvalue weighted by Crippen LogP contribution is 2.38. The Morgan fingerprint density at radius 1 is 1.18 bits per heavy atom. The molecule has 1 N–H and O–H groups in total. The van der Waals surface area contributed by atoms with E-state index in [1.165, 1.54) is 24.1 Å². The zero-order valence-electron chi connectivity index (χ0n) is 18.6. The molecule has 1 aliphatic carbocycles. The quantitative estimate of drug-likeness (QED) is 0.254. The number of imide groups is 1. The van der Waals surface area contributed by atoms with Gasteiger partial charge in [-0.1, -0.05) is 30.9 Å². The van der Waals surface area contributed by atoms with Crippen LogP contribution in [0.2, 0.25) is 5.02 Å². The van der Waals surface area contributed by atoms with E-state index in [2.05, 4.69) is 5.32 Å². The number of nitrogens with zero attached hydrogens (tertiary/aromatic N) is 2. The topological polar surface area (TPSA) is 111 Å². The highest BCUT2D eigenvalue weighted by Gasteiger charge is 2.39. The molecule has 2 aromatic carbocycles. The van der Waals surface area contributed by atoms with Crippen LogP contribution in [0, 0.1) is 10.1 Å². The van der Waals surface area contributed by atoms with Crippen molar-refractivity contribution in [3.63, 3.8) is 0 Å². The maximum atomic E-state index is 12.9. The summed E-state index contributed by atoms with van der Waals surface area (Å²) in [5.41, 5.74) is 1.47. The number of nitro groups is 1. The van der Waals surface area contributed by atoms with Crippen molar-refractivity contribution in [2.75, 3.05) is 7.11 Å². The first-order valence-corrected chi connectivity index (χ1v) is 11.3. The summed E-state index contributed by atoms with van der Waals surface area (Å²) in [4.78, 5) is 37.0. The highest BCUT2D eigenvalue weighted by molar-refractivity contribution is 6.32. The van der Waals surface area contributed by atoms with Crippen LogP contribution >= 0.6 is 11.6 Å². The standard InChI is InChI=1S/C24H24ClN3O6/c1-33-21-13-16(12-20-23(29)27(24(30)26-20)17-5-3-2-4-6-17)11-19(25)22(21)34-14-15-7-9-18(10-8-15)28(31)32/h7-13,17H,2-6,14H2,1H3,(H,26,30)/b20-12-. The van der Waals surface area contributed by atoms with Crippen LogP contribution in [0.3, 0.4) is 0 Å². The van der Waals surface area contributed by atoms with E-state index < -0.39 is 11.0 Å². The van der Waals surface area contributed by atoms with Crippen molar-refractivity contribution in [2.24, 2.45) is 0 Å². The van der Waals surface area contributed by atoms with Gasteiger partial charge in [0, 0.05) is 18.2 Å². The zero-order chi connectivity index (χ0) is 24.2. The number of rotatable bonds is 7. The summed E-state index contributed by atoms with van der Waals surface area (Å²) in [5, 5.41) is 13.7. The fourth-order valence-corrected chi connectivity index (χ4v) is 4.49. The number of halogens is 1. The predicted molar refractivity (Wildman–Crippen MR) is 126 cm³/mol. The minimum Gasteiger partial charge on any atom is -0.493 e. The van der Waals surface area contributed by atoms with Gasteiger partial charge in [0.25, 0.3) is 11.6 Å². The number of nitrogens with one attached hydrogen (secondary N) is 1. The van der Waals surface area contributed by atoms with E-state index in [0.29, 0.717) is 17.1 Å². The summed E-state index contributed by atoms with van der Waals surface area (Å²) in [5.74, 6) is 0.308. The molecule has 3 amide bonds. The first kappa shape index (κ1) is 23.6. The lowest BCUT2D eigenvalue weighted by Crippen LogP contribution is -2.41. The van der Waals surface area contributed by atoms with Crippen molar-refractivity contribution in [2.45, 2.75) is 44.8 Å². The molecule has 178 valence electrons. The van der Waals surface area contributed by atoms with E-state index in [0.717, 1.165) is 37.7 Å². The van der Waals surface area contributed by atoms with Crippen molar-refractivity contribution in [3.05, 3.63) is 68.4 Å². The normalized spacial score (nSPS) is 17.7. The maximum absolute atomic E-state index is 12.9. The molecule has 1 saturated carbocycles. The summed E-state index contributed by atoms with van der Waals surface area (Å²) < 4.78 is 11.2. The van der Waals surface area contributed by atoms with Crippen LogP contribution in [-0.4, -0.2) is 34.9 Å². The van der Waals surface area contributed by atoms with E-state index in [1.54, 1.807) is 30.3 Å². The number of ether oxygens (including phenoxy) is 2. The molecule has 10 heteroatoms. The van der Waals surface area contributed by atoms with Crippen LogP contribution in [0.15, 0.2) is 42.1 Å². The number of carbonyl (C=O) groups is 2. The molecule has 0 bridgehead atoms. The van der Waals surface area contributed by atoms with Crippen LogP contribution in [0.5, 0.6) is 11.5 Å². The summed E-state index contributed by atoms with van der Waals surface area (Å²) in [6.45, 7) is 0.124. The largest absolute Gasteiger partial charge is 0.493 e. The van der Waals surface area contributed by atoms with Gasteiger partial charge >= 0.3 is 6.03 Å². The van der Waals surface area contributed by atoms with Crippen LogP contribution < -0.4 is 14.8 Å². The second-order valence-corrected chi connectivity index (χ2v) is 8.61. The minimum absolute atomic E-state index is 0.00708. The molecule has 0 unspecified atom stereocenters. The summed E-state index contributed by atoms with van der Waals surface area (Å²) in [7, 11) is 1.47. The minimum atomic E-state index is -0.469. The Kier molecular flexibility index (Phi) is 7.02. The maximum Gasteiger partial charge on any atom is 0.329 e. The van der Waals surface area contributed by atoms with Crippen molar-refractivity contribution in [1.29, 1.82) is 0 Å².